The molecule has 1 aromatic carbocycles. The van der Waals surface area contributed by atoms with Gasteiger partial charge in [0.1, 0.15) is 0 Å². The smallest absolute Gasteiger partial charge is 0.241 e. The third-order valence-corrected chi connectivity index (χ3v) is 7.18. The molecule has 0 aromatic heterocycles. The molecule has 3 atom stereocenters. The van der Waals surface area contributed by atoms with Crippen LogP contribution in [-0.4, -0.2) is 71.6 Å². The molecule has 1 aliphatic heterocycles. The lowest BCUT2D eigenvalue weighted by Crippen LogP contribution is -2.64. The fraction of sp³-hybridized carbons (Fsp3) is 0.654. The summed E-state index contributed by atoms with van der Waals surface area (Å²) in [4.78, 5) is 40.3. The monoisotopic (exact) mass is 525 g/mol. The van der Waals surface area contributed by atoms with Crippen molar-refractivity contribution in [1.82, 2.24) is 10.2 Å². The number of halogens is 2. The highest BCUT2D eigenvalue weighted by Gasteiger charge is 2.41. The molecule has 1 heterocycles. The molecule has 1 aromatic rings. The molecule has 1 aliphatic rings. The summed E-state index contributed by atoms with van der Waals surface area (Å²) in [5.41, 5.74) is 10.0. The number of aliphatic hydroxyl groups is 1. The van der Waals surface area contributed by atoms with Crippen molar-refractivity contribution in [3.63, 3.8) is 0 Å². The van der Waals surface area contributed by atoms with Gasteiger partial charge in [-0.2, -0.15) is 0 Å². The van der Waals surface area contributed by atoms with Gasteiger partial charge >= 0.3 is 0 Å². The maximum absolute atomic E-state index is 14.3. The lowest BCUT2D eigenvalue weighted by Gasteiger charge is -2.47. The van der Waals surface area contributed by atoms with Gasteiger partial charge in [-0.1, -0.05) is 19.9 Å². The molecule has 0 saturated carbocycles. The predicted molar refractivity (Wildman–Crippen MR) is 137 cm³/mol. The van der Waals surface area contributed by atoms with Gasteiger partial charge in [0.15, 0.2) is 11.6 Å². The van der Waals surface area contributed by atoms with Crippen molar-refractivity contribution in [2.24, 2.45) is 28.7 Å². The van der Waals surface area contributed by atoms with E-state index in [0.29, 0.717) is 0 Å². The van der Waals surface area contributed by atoms with Crippen LogP contribution in [0.3, 0.4) is 0 Å². The summed E-state index contributed by atoms with van der Waals surface area (Å²) in [6, 6.07) is 2.93. The first kappa shape index (κ1) is 30.6. The van der Waals surface area contributed by atoms with Crippen LogP contribution in [0, 0.1) is 28.9 Å². The van der Waals surface area contributed by atoms with Crippen molar-refractivity contribution in [2.45, 2.75) is 65.6 Å². The summed E-state index contributed by atoms with van der Waals surface area (Å²) in [6.07, 6.45) is -0.961. The minimum absolute atomic E-state index is 0.0685. The van der Waals surface area contributed by atoms with E-state index in [1.165, 1.54) is 17.0 Å². The summed E-state index contributed by atoms with van der Waals surface area (Å²) >= 11 is 0. The Hall–Kier alpha value is -2.63. The van der Waals surface area contributed by atoms with E-state index < -0.39 is 52.5 Å². The normalized spacial score (nSPS) is 19.0. The molecule has 2 rings (SSSR count). The van der Waals surface area contributed by atoms with Gasteiger partial charge in [0.25, 0.3) is 0 Å². The second-order valence-corrected chi connectivity index (χ2v) is 11.5. The second-order valence-electron chi connectivity index (χ2n) is 11.5. The van der Waals surface area contributed by atoms with Crippen molar-refractivity contribution in [3.8, 4) is 0 Å². The molecule has 11 heteroatoms. The molecule has 1 saturated heterocycles. The number of amides is 3. The molecule has 6 N–H and O–H groups in total. The lowest BCUT2D eigenvalue weighted by molar-refractivity contribution is -0.130. The van der Waals surface area contributed by atoms with Crippen LogP contribution in [0.1, 0.15) is 48.0 Å². The zero-order valence-electron chi connectivity index (χ0n) is 22.6. The van der Waals surface area contributed by atoms with Crippen LogP contribution in [0.2, 0.25) is 0 Å². The number of nitrogens with one attached hydrogen (secondary N) is 1. The van der Waals surface area contributed by atoms with Gasteiger partial charge < -0.3 is 26.8 Å². The summed E-state index contributed by atoms with van der Waals surface area (Å²) in [7, 11) is 0. The summed E-state index contributed by atoms with van der Waals surface area (Å²) in [5.74, 6) is -4.04. The lowest BCUT2D eigenvalue weighted by atomic mass is 9.86. The fourth-order valence-electron chi connectivity index (χ4n) is 4.29. The van der Waals surface area contributed by atoms with Crippen LogP contribution < -0.4 is 21.7 Å². The number of carbonyl (C=O) groups is 3. The SMILES string of the molecule is CC(C)[C@H](C[C@H](O)[C@@H](N)CN1CC(=O)N(c2cccc(F)c2F)CC1(C)C)C(=O)NCC(C)(C)C(N)=O. The standard InChI is InChI=1S/C26H41F2N5O4/c1-15(2)16(23(36)31-13-25(3,4)24(30)37)10-20(34)18(29)11-32-12-21(35)33(14-26(32,5)6)19-9-7-8-17(27)22(19)28/h7-9,15-16,18,20,34H,10-14,29H2,1-6H3,(H2,30,37)(H,31,36)/t16-,18-,20-/m0/s1. The van der Waals surface area contributed by atoms with Crippen LogP contribution in [0.4, 0.5) is 14.5 Å². The molecular weight excluding hydrogens is 484 g/mol. The highest BCUT2D eigenvalue weighted by molar-refractivity contribution is 5.96. The Labute approximate surface area is 217 Å². The fourth-order valence-corrected chi connectivity index (χ4v) is 4.29. The molecule has 0 aliphatic carbocycles. The number of nitrogens with two attached hydrogens (primary N) is 2. The van der Waals surface area contributed by atoms with Crippen molar-refractivity contribution in [1.29, 1.82) is 0 Å². The highest BCUT2D eigenvalue weighted by Crippen LogP contribution is 2.30. The Morgan fingerprint density at radius 2 is 1.86 bits per heavy atom. The maximum atomic E-state index is 14.3. The van der Waals surface area contributed by atoms with Crippen LogP contribution >= 0.6 is 0 Å². The number of hydrogen-bond acceptors (Lipinski definition) is 6. The number of carbonyl (C=O) groups excluding carboxylic acids is 3. The minimum atomic E-state index is -1.08. The molecule has 0 radical (unpaired) electrons. The predicted octanol–water partition coefficient (Wildman–Crippen LogP) is 1.37. The molecule has 0 unspecified atom stereocenters. The van der Waals surface area contributed by atoms with Crippen molar-refractivity contribution >= 4 is 23.4 Å². The average Bonchev–Trinajstić information content (AvgIpc) is 2.79. The van der Waals surface area contributed by atoms with Gasteiger partial charge in [0.05, 0.1) is 23.8 Å². The summed E-state index contributed by atoms with van der Waals surface area (Å²) in [6.45, 7) is 10.9. The Morgan fingerprint density at radius 1 is 1.24 bits per heavy atom. The van der Waals surface area contributed by atoms with Gasteiger partial charge in [-0.3, -0.25) is 19.3 Å². The van der Waals surface area contributed by atoms with Gasteiger partial charge in [-0.05, 0) is 52.2 Å². The summed E-state index contributed by atoms with van der Waals surface area (Å²) in [5, 5.41) is 13.6. The summed E-state index contributed by atoms with van der Waals surface area (Å²) < 4.78 is 28.1. The highest BCUT2D eigenvalue weighted by atomic mass is 19.2. The molecule has 3 amide bonds. The van der Waals surface area contributed by atoms with E-state index in [4.69, 9.17) is 11.5 Å². The number of benzene rings is 1. The van der Waals surface area contributed by atoms with Crippen molar-refractivity contribution in [2.75, 3.05) is 31.1 Å². The number of anilines is 1. The van der Waals surface area contributed by atoms with Gasteiger partial charge in [0, 0.05) is 37.1 Å². The van der Waals surface area contributed by atoms with E-state index in [0.717, 1.165) is 6.07 Å². The first-order chi connectivity index (χ1) is 17.0. The largest absolute Gasteiger partial charge is 0.391 e. The number of primary amides is 1. The van der Waals surface area contributed by atoms with Gasteiger partial charge in [0.2, 0.25) is 17.7 Å². The number of nitrogens with zero attached hydrogens (tertiary/aromatic N) is 2. The number of rotatable bonds is 11. The van der Waals surface area contributed by atoms with Crippen LogP contribution in [-0.2, 0) is 14.4 Å². The van der Waals surface area contributed by atoms with E-state index in [-0.39, 0.29) is 50.1 Å². The number of hydrogen-bond donors (Lipinski definition) is 4. The molecule has 9 nitrogen and oxygen atoms in total. The van der Waals surface area contributed by atoms with Crippen LogP contribution in [0.15, 0.2) is 18.2 Å². The third kappa shape index (κ3) is 7.45. The molecular formula is C26H41F2N5O4. The zero-order chi connectivity index (χ0) is 28.3. The van der Waals surface area contributed by atoms with Crippen LogP contribution in [0.25, 0.3) is 0 Å². The van der Waals surface area contributed by atoms with Crippen LogP contribution in [0.5, 0.6) is 0 Å². The third-order valence-electron chi connectivity index (χ3n) is 7.18. The zero-order valence-corrected chi connectivity index (χ0v) is 22.6. The quantitative estimate of drug-likeness (QED) is 0.344. The Kier molecular flexibility index (Phi) is 9.78. The average molecular weight is 526 g/mol. The maximum Gasteiger partial charge on any atom is 0.241 e. The molecule has 37 heavy (non-hydrogen) atoms. The van der Waals surface area contributed by atoms with E-state index in [9.17, 15) is 28.3 Å². The van der Waals surface area contributed by atoms with E-state index in [1.54, 1.807) is 18.7 Å². The first-order valence-electron chi connectivity index (χ1n) is 12.5. The molecule has 0 spiro atoms. The van der Waals surface area contributed by atoms with E-state index in [2.05, 4.69) is 5.32 Å². The number of aliphatic hydroxyl groups excluding tert-OH is 1. The van der Waals surface area contributed by atoms with Crippen molar-refractivity contribution < 1.29 is 28.3 Å². The van der Waals surface area contributed by atoms with Crippen molar-refractivity contribution in [3.05, 3.63) is 29.8 Å². The van der Waals surface area contributed by atoms with Gasteiger partial charge in [-0.15, -0.1) is 0 Å². The van der Waals surface area contributed by atoms with E-state index in [1.807, 2.05) is 27.7 Å². The Bertz CT molecular complexity index is 1000. The van der Waals surface area contributed by atoms with Gasteiger partial charge in [-0.25, -0.2) is 8.78 Å². The molecule has 208 valence electrons. The first-order valence-corrected chi connectivity index (χ1v) is 12.5. The number of piperazine rings is 1. The minimum Gasteiger partial charge on any atom is -0.391 e. The Balaban J connectivity index is 2.05. The van der Waals surface area contributed by atoms with E-state index >= 15 is 0 Å². The topological polar surface area (TPSA) is 142 Å². The molecule has 0 bridgehead atoms. The Morgan fingerprint density at radius 3 is 2.43 bits per heavy atom. The molecule has 1 fully saturated rings. The second kappa shape index (κ2) is 11.8.